The van der Waals surface area contributed by atoms with Gasteiger partial charge in [-0.25, -0.2) is 18.4 Å². The van der Waals surface area contributed by atoms with Gasteiger partial charge < -0.3 is 25.4 Å². The van der Waals surface area contributed by atoms with Gasteiger partial charge in [0.25, 0.3) is 5.91 Å². The van der Waals surface area contributed by atoms with Crippen LogP contribution in [0.25, 0.3) is 0 Å². The van der Waals surface area contributed by atoms with Crippen molar-refractivity contribution in [1.29, 1.82) is 0 Å². The monoisotopic (exact) mass is 525 g/mol. The van der Waals surface area contributed by atoms with Crippen LogP contribution in [0.15, 0.2) is 58.6 Å². The molecule has 1 aromatic carbocycles. The number of amides is 1. The summed E-state index contributed by atoms with van der Waals surface area (Å²) in [6, 6.07) is 11.1. The number of hydrogen-bond acceptors (Lipinski definition) is 9. The Morgan fingerprint density at radius 2 is 1.86 bits per heavy atom. The number of nitrogens with zero attached hydrogens (tertiary/aromatic N) is 3. The minimum absolute atomic E-state index is 0.135. The number of hydrogen-bond donors (Lipinski definition) is 2. The number of nitrogens with two attached hydrogens (primary N) is 1. The first-order valence-electron chi connectivity index (χ1n) is 11.8. The molecule has 3 heterocycles. The third-order valence-electron chi connectivity index (χ3n) is 6.41. The molecule has 0 saturated carbocycles. The van der Waals surface area contributed by atoms with Gasteiger partial charge in [0, 0.05) is 30.0 Å². The second-order valence-corrected chi connectivity index (χ2v) is 11.5. The fourth-order valence-electron chi connectivity index (χ4n) is 4.86. The summed E-state index contributed by atoms with van der Waals surface area (Å²) in [7, 11) is -1.16. The molecular formula is C26H31N5O5S. The number of rotatable bonds is 8. The average molecular weight is 526 g/mol. The van der Waals surface area contributed by atoms with Crippen LogP contribution in [0.1, 0.15) is 37.6 Å². The second-order valence-electron chi connectivity index (χ2n) is 9.66. The lowest BCUT2D eigenvalue weighted by Gasteiger charge is -2.33. The van der Waals surface area contributed by atoms with E-state index in [-0.39, 0.29) is 32.7 Å². The third kappa shape index (κ3) is 5.04. The number of benzene rings is 1. The zero-order valence-electron chi connectivity index (χ0n) is 21.5. The van der Waals surface area contributed by atoms with Gasteiger partial charge in [-0.15, -0.1) is 0 Å². The zero-order valence-corrected chi connectivity index (χ0v) is 22.3. The Kier molecular flexibility index (Phi) is 7.00. The first kappa shape index (κ1) is 26.2. The van der Waals surface area contributed by atoms with Crippen LogP contribution in [0.4, 0.5) is 17.3 Å². The molecule has 1 aliphatic heterocycles. The fraction of sp³-hybridized carbons (Fsp3) is 0.346. The molecule has 10 nitrogen and oxygen atoms in total. The Balaban J connectivity index is 1.74. The van der Waals surface area contributed by atoms with Crippen molar-refractivity contribution in [2.45, 2.75) is 42.7 Å². The molecule has 1 aliphatic rings. The molecule has 4 rings (SSSR count). The molecule has 1 fully saturated rings. The van der Waals surface area contributed by atoms with E-state index in [4.69, 9.17) is 15.2 Å². The summed E-state index contributed by atoms with van der Waals surface area (Å²) < 4.78 is 38.1. The molecule has 0 bridgehead atoms. The Bertz CT molecular complexity index is 1440. The predicted molar refractivity (Wildman–Crippen MR) is 140 cm³/mol. The number of carbonyl (C=O) groups excluding carboxylic acids is 1. The average Bonchev–Trinajstić information content (AvgIpc) is 3.14. The number of primary amides is 1. The standard InChI is InChI=1S/C26H31N5O5S/c1-16-14-26(2,3)31(15-16)25-23(24(27)32)20(11-12-28-25)37(33,34)22-8-6-7-21(30-22)29-17-9-10-18(35-4)19(13-17)36-5/h6-13,16H,14-15H2,1-5H3,(H2,27,32)(H,29,30). The summed E-state index contributed by atoms with van der Waals surface area (Å²) in [5, 5.41) is 2.85. The normalized spacial score (nSPS) is 16.9. The maximum Gasteiger partial charge on any atom is 0.253 e. The molecule has 37 heavy (non-hydrogen) atoms. The van der Waals surface area contributed by atoms with Gasteiger partial charge in [-0.05, 0) is 56.5 Å². The summed E-state index contributed by atoms with van der Waals surface area (Å²) >= 11 is 0. The van der Waals surface area contributed by atoms with E-state index in [2.05, 4.69) is 22.2 Å². The summed E-state index contributed by atoms with van der Waals surface area (Å²) in [5.41, 5.74) is 5.91. The van der Waals surface area contributed by atoms with Crippen LogP contribution in [-0.2, 0) is 9.84 Å². The third-order valence-corrected chi connectivity index (χ3v) is 8.11. The van der Waals surface area contributed by atoms with Crippen molar-refractivity contribution in [1.82, 2.24) is 9.97 Å². The van der Waals surface area contributed by atoms with Gasteiger partial charge in [0.1, 0.15) is 17.2 Å². The van der Waals surface area contributed by atoms with Crippen molar-refractivity contribution in [3.8, 4) is 11.5 Å². The minimum Gasteiger partial charge on any atom is -0.493 e. The van der Waals surface area contributed by atoms with Crippen LogP contribution in [-0.4, -0.2) is 50.6 Å². The molecule has 1 amide bonds. The van der Waals surface area contributed by atoms with E-state index in [0.717, 1.165) is 6.42 Å². The van der Waals surface area contributed by atoms with Crippen molar-refractivity contribution in [3.63, 3.8) is 0 Å². The first-order valence-corrected chi connectivity index (χ1v) is 13.2. The molecule has 3 N–H and O–H groups in total. The zero-order chi connectivity index (χ0) is 27.0. The Labute approximate surface area is 216 Å². The molecule has 0 aliphatic carbocycles. The van der Waals surface area contributed by atoms with E-state index in [0.29, 0.717) is 29.6 Å². The van der Waals surface area contributed by atoms with E-state index < -0.39 is 15.7 Å². The van der Waals surface area contributed by atoms with E-state index >= 15 is 0 Å². The van der Waals surface area contributed by atoms with Crippen LogP contribution in [0.2, 0.25) is 0 Å². The highest BCUT2D eigenvalue weighted by Crippen LogP contribution is 2.39. The summed E-state index contributed by atoms with van der Waals surface area (Å²) in [6.45, 7) is 6.81. The maximum absolute atomic E-state index is 13.8. The lowest BCUT2D eigenvalue weighted by atomic mass is 9.97. The summed E-state index contributed by atoms with van der Waals surface area (Å²) in [5.74, 6) is 1.10. The first-order chi connectivity index (χ1) is 17.5. The number of methoxy groups -OCH3 is 2. The lowest BCUT2D eigenvalue weighted by Crippen LogP contribution is -2.40. The minimum atomic E-state index is -4.22. The molecule has 3 aromatic rings. The lowest BCUT2D eigenvalue weighted by molar-refractivity contribution is 0.0997. The van der Waals surface area contributed by atoms with Crippen molar-refractivity contribution in [2.75, 3.05) is 31.0 Å². The van der Waals surface area contributed by atoms with Crippen LogP contribution in [0, 0.1) is 5.92 Å². The Morgan fingerprint density at radius 3 is 2.49 bits per heavy atom. The second kappa shape index (κ2) is 9.89. The van der Waals surface area contributed by atoms with Crippen LogP contribution in [0.5, 0.6) is 11.5 Å². The molecule has 1 atom stereocenters. The number of carbonyl (C=O) groups is 1. The van der Waals surface area contributed by atoms with Gasteiger partial charge in [0.15, 0.2) is 16.5 Å². The molecule has 196 valence electrons. The largest absolute Gasteiger partial charge is 0.493 e. The SMILES string of the molecule is COc1ccc(Nc2cccc(S(=O)(=O)c3ccnc(N4CC(C)CC4(C)C)c3C(N)=O)n2)cc1OC. The topological polar surface area (TPSA) is 137 Å². The van der Waals surface area contributed by atoms with Gasteiger partial charge in [0.05, 0.1) is 19.1 Å². The van der Waals surface area contributed by atoms with Crippen LogP contribution < -0.4 is 25.4 Å². The highest BCUT2D eigenvalue weighted by molar-refractivity contribution is 7.91. The van der Waals surface area contributed by atoms with Gasteiger partial charge >= 0.3 is 0 Å². The van der Waals surface area contributed by atoms with Gasteiger partial charge in [-0.3, -0.25) is 4.79 Å². The Hall–Kier alpha value is -3.86. The van der Waals surface area contributed by atoms with Crippen LogP contribution >= 0.6 is 0 Å². The number of aromatic nitrogens is 2. The van der Waals surface area contributed by atoms with Crippen LogP contribution in [0.3, 0.4) is 0 Å². The molecular weight excluding hydrogens is 494 g/mol. The van der Waals surface area contributed by atoms with Gasteiger partial charge in [-0.1, -0.05) is 13.0 Å². The summed E-state index contributed by atoms with van der Waals surface area (Å²) in [4.78, 5) is 23.1. The predicted octanol–water partition coefficient (Wildman–Crippen LogP) is 3.79. The molecule has 2 aromatic heterocycles. The van der Waals surface area contributed by atoms with Crippen molar-refractivity contribution in [2.24, 2.45) is 11.7 Å². The number of sulfone groups is 1. The van der Waals surface area contributed by atoms with E-state index in [1.807, 2.05) is 18.7 Å². The number of pyridine rings is 2. The Morgan fingerprint density at radius 1 is 1.14 bits per heavy atom. The molecule has 0 radical (unpaired) electrons. The van der Waals surface area contributed by atoms with Crippen molar-refractivity contribution >= 4 is 33.1 Å². The number of anilines is 3. The number of ether oxygens (including phenoxy) is 2. The highest BCUT2D eigenvalue weighted by Gasteiger charge is 2.40. The van der Waals surface area contributed by atoms with Gasteiger partial charge in [-0.2, -0.15) is 0 Å². The molecule has 1 saturated heterocycles. The highest BCUT2D eigenvalue weighted by atomic mass is 32.2. The summed E-state index contributed by atoms with van der Waals surface area (Å²) in [6.07, 6.45) is 2.26. The van der Waals surface area contributed by atoms with Gasteiger partial charge in [0.2, 0.25) is 9.84 Å². The smallest absolute Gasteiger partial charge is 0.253 e. The molecule has 0 spiro atoms. The maximum atomic E-state index is 13.8. The van der Waals surface area contributed by atoms with E-state index in [1.165, 1.54) is 32.5 Å². The molecule has 1 unspecified atom stereocenters. The van der Waals surface area contributed by atoms with Crippen molar-refractivity contribution in [3.05, 3.63) is 54.2 Å². The van der Waals surface area contributed by atoms with E-state index in [1.54, 1.807) is 30.3 Å². The molecule has 11 heteroatoms. The number of nitrogens with one attached hydrogen (secondary N) is 1. The van der Waals surface area contributed by atoms with E-state index in [9.17, 15) is 13.2 Å². The fourth-order valence-corrected chi connectivity index (χ4v) is 6.26. The quantitative estimate of drug-likeness (QED) is 0.450. The van der Waals surface area contributed by atoms with Crippen molar-refractivity contribution < 1.29 is 22.7 Å².